The van der Waals surface area contributed by atoms with Crippen LogP contribution < -0.4 is 15.4 Å². The highest BCUT2D eigenvalue weighted by Gasteiger charge is 2.07. The Morgan fingerprint density at radius 1 is 1.21 bits per heavy atom. The van der Waals surface area contributed by atoms with Gasteiger partial charge < -0.3 is 15.4 Å². The normalized spacial score (nSPS) is 11.3. The van der Waals surface area contributed by atoms with Gasteiger partial charge in [0.1, 0.15) is 5.75 Å². The Morgan fingerprint density at radius 3 is 2.86 bits per heavy atom. The first-order valence-electron chi connectivity index (χ1n) is 9.60. The fourth-order valence-electron chi connectivity index (χ4n) is 2.65. The molecule has 0 fully saturated rings. The molecule has 0 bridgehead atoms. The van der Waals surface area contributed by atoms with Crippen molar-refractivity contribution >= 4 is 5.96 Å². The summed E-state index contributed by atoms with van der Waals surface area (Å²) in [4.78, 5) is 8.48. The molecule has 1 aromatic carbocycles. The zero-order valence-corrected chi connectivity index (χ0v) is 16.4. The van der Waals surface area contributed by atoms with Crippen LogP contribution in [0.1, 0.15) is 18.9 Å². The first-order chi connectivity index (χ1) is 14.2. The maximum Gasteiger partial charge on any atom is 0.191 e. The number of pyridine rings is 1. The summed E-state index contributed by atoms with van der Waals surface area (Å²) in [6.45, 7) is 4.71. The molecule has 2 heterocycles. The van der Waals surface area contributed by atoms with Gasteiger partial charge in [0.25, 0.3) is 0 Å². The van der Waals surface area contributed by atoms with E-state index >= 15 is 0 Å². The lowest BCUT2D eigenvalue weighted by molar-refractivity contribution is 0.440. The summed E-state index contributed by atoms with van der Waals surface area (Å²) in [5.41, 5.74) is 0.759. The Balaban J connectivity index is 1.53. The molecular formula is C21H25FN6O. The van der Waals surface area contributed by atoms with Crippen molar-refractivity contribution in [1.82, 2.24) is 25.4 Å². The number of nitrogens with one attached hydrogen (secondary N) is 2. The van der Waals surface area contributed by atoms with E-state index in [-0.39, 0.29) is 5.75 Å². The van der Waals surface area contributed by atoms with Crippen LogP contribution >= 0.6 is 0 Å². The highest BCUT2D eigenvalue weighted by atomic mass is 19.1. The monoisotopic (exact) mass is 396 g/mol. The number of rotatable bonds is 9. The maximum absolute atomic E-state index is 14.4. The van der Waals surface area contributed by atoms with Gasteiger partial charge in [-0.05, 0) is 49.2 Å². The molecule has 29 heavy (non-hydrogen) atoms. The summed E-state index contributed by atoms with van der Waals surface area (Å²) in [6, 6.07) is 10.2. The molecule has 0 amide bonds. The second-order valence-electron chi connectivity index (χ2n) is 6.30. The fraction of sp³-hybridized carbons (Fsp3) is 0.286. The largest absolute Gasteiger partial charge is 0.453 e. The average Bonchev–Trinajstić information content (AvgIpc) is 3.25. The van der Waals surface area contributed by atoms with Gasteiger partial charge in [-0.1, -0.05) is 6.07 Å². The second kappa shape index (κ2) is 10.8. The molecule has 0 spiro atoms. The van der Waals surface area contributed by atoms with E-state index in [0.29, 0.717) is 18.3 Å². The van der Waals surface area contributed by atoms with Crippen LogP contribution in [0.15, 0.2) is 66.2 Å². The Bertz CT molecular complexity index is 899. The Hall–Kier alpha value is -3.42. The highest BCUT2D eigenvalue weighted by molar-refractivity contribution is 5.79. The first kappa shape index (κ1) is 20.3. The van der Waals surface area contributed by atoms with E-state index in [2.05, 4.69) is 25.7 Å². The third kappa shape index (κ3) is 6.60. The van der Waals surface area contributed by atoms with Gasteiger partial charge in [-0.3, -0.25) is 9.67 Å². The van der Waals surface area contributed by atoms with Crippen molar-refractivity contribution in [3.8, 4) is 11.5 Å². The van der Waals surface area contributed by atoms with E-state index in [4.69, 9.17) is 4.74 Å². The number of hydrogen-bond donors (Lipinski definition) is 2. The number of guanidine groups is 1. The third-order valence-electron chi connectivity index (χ3n) is 4.04. The summed E-state index contributed by atoms with van der Waals surface area (Å²) in [5.74, 6) is 0.920. The van der Waals surface area contributed by atoms with Gasteiger partial charge >= 0.3 is 0 Å². The lowest BCUT2D eigenvalue weighted by Gasteiger charge is -2.12. The van der Waals surface area contributed by atoms with Crippen LogP contribution in [0, 0.1) is 5.82 Å². The summed E-state index contributed by atoms with van der Waals surface area (Å²) >= 11 is 0. The van der Waals surface area contributed by atoms with Crippen LogP contribution in [-0.4, -0.2) is 33.8 Å². The van der Waals surface area contributed by atoms with E-state index < -0.39 is 5.82 Å². The van der Waals surface area contributed by atoms with Crippen molar-refractivity contribution in [2.24, 2.45) is 4.99 Å². The molecule has 152 valence electrons. The van der Waals surface area contributed by atoms with Crippen molar-refractivity contribution < 1.29 is 9.13 Å². The van der Waals surface area contributed by atoms with Crippen LogP contribution in [-0.2, 0) is 13.1 Å². The smallest absolute Gasteiger partial charge is 0.191 e. The SMILES string of the molecule is CCNC(=NCc1ccc(Oc2cccnc2)c(F)c1)NCCCn1cccn1. The number of halogens is 1. The predicted molar refractivity (Wildman–Crippen MR) is 110 cm³/mol. The molecule has 0 radical (unpaired) electrons. The molecule has 2 N–H and O–H groups in total. The van der Waals surface area contributed by atoms with Crippen molar-refractivity contribution in [3.63, 3.8) is 0 Å². The zero-order valence-electron chi connectivity index (χ0n) is 16.4. The molecule has 3 rings (SSSR count). The van der Waals surface area contributed by atoms with Crippen LogP contribution in [0.5, 0.6) is 11.5 Å². The van der Waals surface area contributed by atoms with Crippen molar-refractivity contribution in [2.45, 2.75) is 26.4 Å². The lowest BCUT2D eigenvalue weighted by atomic mass is 10.2. The van der Waals surface area contributed by atoms with Gasteiger partial charge in [0, 0.05) is 38.2 Å². The molecule has 8 heteroatoms. The molecule has 0 unspecified atom stereocenters. The van der Waals surface area contributed by atoms with Crippen LogP contribution in [0.2, 0.25) is 0 Å². The van der Waals surface area contributed by atoms with E-state index in [1.165, 1.54) is 6.07 Å². The fourth-order valence-corrected chi connectivity index (χ4v) is 2.65. The minimum Gasteiger partial charge on any atom is -0.453 e. The quantitative estimate of drug-likeness (QED) is 0.330. The molecular weight excluding hydrogens is 371 g/mol. The Morgan fingerprint density at radius 2 is 2.14 bits per heavy atom. The van der Waals surface area contributed by atoms with Crippen molar-refractivity contribution in [3.05, 3.63) is 72.6 Å². The van der Waals surface area contributed by atoms with Crippen LogP contribution in [0.3, 0.4) is 0 Å². The van der Waals surface area contributed by atoms with Gasteiger partial charge in [-0.2, -0.15) is 5.10 Å². The predicted octanol–water partition coefficient (Wildman–Crippen LogP) is 3.35. The highest BCUT2D eigenvalue weighted by Crippen LogP contribution is 2.24. The van der Waals surface area contributed by atoms with Gasteiger partial charge in [0.2, 0.25) is 0 Å². The molecule has 0 saturated heterocycles. The van der Waals surface area contributed by atoms with E-state index in [1.54, 1.807) is 42.9 Å². The molecule has 3 aromatic rings. The van der Waals surface area contributed by atoms with E-state index in [0.717, 1.165) is 31.6 Å². The summed E-state index contributed by atoms with van der Waals surface area (Å²) < 4.78 is 21.8. The number of aliphatic imine (C=N–C) groups is 1. The summed E-state index contributed by atoms with van der Waals surface area (Å²) in [7, 11) is 0. The van der Waals surface area contributed by atoms with E-state index in [1.807, 2.05) is 23.9 Å². The lowest BCUT2D eigenvalue weighted by Crippen LogP contribution is -2.38. The molecule has 7 nitrogen and oxygen atoms in total. The second-order valence-corrected chi connectivity index (χ2v) is 6.30. The molecule has 0 saturated carbocycles. The topological polar surface area (TPSA) is 76.4 Å². The maximum atomic E-state index is 14.4. The van der Waals surface area contributed by atoms with Crippen LogP contribution in [0.25, 0.3) is 0 Å². The van der Waals surface area contributed by atoms with Crippen molar-refractivity contribution in [1.29, 1.82) is 0 Å². The average molecular weight is 396 g/mol. The summed E-state index contributed by atoms with van der Waals surface area (Å²) in [6.07, 6.45) is 7.80. The Labute approximate surface area is 169 Å². The first-order valence-corrected chi connectivity index (χ1v) is 9.60. The number of aryl methyl sites for hydroxylation is 1. The van der Waals surface area contributed by atoms with Gasteiger partial charge in [0.15, 0.2) is 17.5 Å². The molecule has 0 aliphatic heterocycles. The molecule has 0 aliphatic carbocycles. The Kier molecular flexibility index (Phi) is 7.56. The number of ether oxygens (including phenoxy) is 1. The van der Waals surface area contributed by atoms with Gasteiger partial charge in [-0.15, -0.1) is 0 Å². The third-order valence-corrected chi connectivity index (χ3v) is 4.04. The van der Waals surface area contributed by atoms with Gasteiger partial charge in [-0.25, -0.2) is 9.38 Å². The molecule has 2 aromatic heterocycles. The van der Waals surface area contributed by atoms with Crippen LogP contribution in [0.4, 0.5) is 4.39 Å². The van der Waals surface area contributed by atoms with Gasteiger partial charge in [0.05, 0.1) is 12.7 Å². The minimum absolute atomic E-state index is 0.161. The minimum atomic E-state index is -0.432. The zero-order chi connectivity index (χ0) is 20.3. The molecule has 0 atom stereocenters. The van der Waals surface area contributed by atoms with E-state index in [9.17, 15) is 4.39 Å². The number of benzene rings is 1. The summed E-state index contributed by atoms with van der Waals surface area (Å²) in [5, 5.41) is 10.7. The standard InChI is InChI=1S/C21H25FN6O/c1-2-24-21(25-10-4-12-28-13-5-11-27-28)26-15-17-7-8-20(19(22)14-17)29-18-6-3-9-23-16-18/h3,5-9,11,13-14,16H,2,4,10,12,15H2,1H3,(H2,24,25,26). The number of hydrogen-bond acceptors (Lipinski definition) is 4. The number of aromatic nitrogens is 3. The molecule has 0 aliphatic rings. The number of nitrogens with zero attached hydrogens (tertiary/aromatic N) is 4. The van der Waals surface area contributed by atoms with Crippen molar-refractivity contribution in [2.75, 3.05) is 13.1 Å².